The molecule has 0 saturated carbocycles. The Morgan fingerprint density at radius 1 is 1.00 bits per heavy atom. The van der Waals surface area contributed by atoms with Crippen LogP contribution >= 0.6 is 0 Å². The van der Waals surface area contributed by atoms with Gasteiger partial charge in [0, 0.05) is 18.5 Å². The number of benzene rings is 1. The molecule has 0 aliphatic heterocycles. The van der Waals surface area contributed by atoms with Crippen molar-refractivity contribution in [1.82, 2.24) is 4.90 Å². The second-order valence-corrected chi connectivity index (χ2v) is 6.82. The van der Waals surface area contributed by atoms with Gasteiger partial charge in [0.25, 0.3) is 0 Å². The highest BCUT2D eigenvalue weighted by Crippen LogP contribution is 2.25. The maximum absolute atomic E-state index is 9.76. The second kappa shape index (κ2) is 5.85. The lowest BCUT2D eigenvalue weighted by atomic mass is 9.82. The fraction of sp³-hybridized carbons (Fsp3) is 0.625. The Hall–Kier alpha value is -0.860. The fourth-order valence-corrected chi connectivity index (χ4v) is 2.53. The predicted octanol–water partition coefficient (Wildman–Crippen LogP) is 2.91. The van der Waals surface area contributed by atoms with Crippen molar-refractivity contribution >= 4 is 0 Å². The first-order valence-corrected chi connectivity index (χ1v) is 6.62. The van der Waals surface area contributed by atoms with Crippen LogP contribution in [0.1, 0.15) is 33.3 Å². The minimum atomic E-state index is -0.193. The first-order chi connectivity index (χ1) is 8.27. The van der Waals surface area contributed by atoms with Crippen LogP contribution in [-0.2, 0) is 5.41 Å². The van der Waals surface area contributed by atoms with Crippen LogP contribution in [0.3, 0.4) is 0 Å². The van der Waals surface area contributed by atoms with Gasteiger partial charge in [0.15, 0.2) is 0 Å². The van der Waals surface area contributed by atoms with Crippen LogP contribution in [0.5, 0.6) is 0 Å². The molecule has 2 nitrogen and oxygen atoms in total. The van der Waals surface area contributed by atoms with E-state index >= 15 is 0 Å². The lowest BCUT2D eigenvalue weighted by Crippen LogP contribution is -2.42. The summed E-state index contributed by atoms with van der Waals surface area (Å²) >= 11 is 0. The number of hydrogen-bond acceptors (Lipinski definition) is 2. The number of nitrogens with zero attached hydrogens (tertiary/aromatic N) is 1. The second-order valence-electron chi connectivity index (χ2n) is 6.82. The molecule has 0 saturated heterocycles. The van der Waals surface area contributed by atoms with E-state index in [0.29, 0.717) is 0 Å². The van der Waals surface area contributed by atoms with Crippen LogP contribution < -0.4 is 0 Å². The molecule has 18 heavy (non-hydrogen) atoms. The van der Waals surface area contributed by atoms with E-state index in [1.165, 1.54) is 5.56 Å². The van der Waals surface area contributed by atoms with Gasteiger partial charge < -0.3 is 10.0 Å². The van der Waals surface area contributed by atoms with Gasteiger partial charge in [-0.3, -0.25) is 0 Å². The molecule has 0 aliphatic carbocycles. The Bertz CT molecular complexity index is 355. The van der Waals surface area contributed by atoms with Crippen LogP contribution in [0, 0.1) is 5.41 Å². The van der Waals surface area contributed by atoms with Crippen molar-refractivity contribution in [2.75, 3.05) is 26.7 Å². The maximum atomic E-state index is 9.76. The van der Waals surface area contributed by atoms with Gasteiger partial charge in [0.2, 0.25) is 0 Å². The third-order valence-corrected chi connectivity index (χ3v) is 3.18. The van der Waals surface area contributed by atoms with Gasteiger partial charge in [0.1, 0.15) is 0 Å². The molecule has 1 N–H and O–H groups in total. The smallest absolute Gasteiger partial charge is 0.0537 e. The highest BCUT2D eigenvalue weighted by molar-refractivity contribution is 5.25. The Morgan fingerprint density at radius 2 is 1.56 bits per heavy atom. The van der Waals surface area contributed by atoms with E-state index in [-0.39, 0.29) is 17.4 Å². The molecular formula is C16H27NO. The number of aliphatic hydroxyl groups excluding tert-OH is 1. The molecule has 0 fully saturated rings. The summed E-state index contributed by atoms with van der Waals surface area (Å²) in [6.45, 7) is 10.9. The van der Waals surface area contributed by atoms with Crippen molar-refractivity contribution in [3.05, 3.63) is 35.9 Å². The summed E-state index contributed by atoms with van der Waals surface area (Å²) < 4.78 is 0. The number of aliphatic hydroxyl groups is 1. The first kappa shape index (κ1) is 15.2. The van der Waals surface area contributed by atoms with Crippen molar-refractivity contribution < 1.29 is 5.11 Å². The number of rotatable bonds is 5. The molecule has 2 heteroatoms. The zero-order valence-corrected chi connectivity index (χ0v) is 12.4. The third kappa shape index (κ3) is 4.43. The normalized spacial score (nSPS) is 15.7. The SMILES string of the molecule is CN(CC(C)(C)C)CC(C)(CO)c1ccccc1. The van der Waals surface area contributed by atoms with Crippen LogP contribution in [0.25, 0.3) is 0 Å². The molecule has 1 aromatic carbocycles. The Labute approximate surface area is 112 Å². The monoisotopic (exact) mass is 249 g/mol. The highest BCUT2D eigenvalue weighted by atomic mass is 16.3. The minimum Gasteiger partial charge on any atom is -0.395 e. The van der Waals surface area contributed by atoms with Crippen LogP contribution in [0.15, 0.2) is 30.3 Å². The summed E-state index contributed by atoms with van der Waals surface area (Å²) in [6.07, 6.45) is 0. The van der Waals surface area contributed by atoms with Gasteiger partial charge in [-0.2, -0.15) is 0 Å². The van der Waals surface area contributed by atoms with Gasteiger partial charge in [0.05, 0.1) is 6.61 Å². The summed E-state index contributed by atoms with van der Waals surface area (Å²) in [6, 6.07) is 10.3. The lowest BCUT2D eigenvalue weighted by Gasteiger charge is -2.35. The van der Waals surface area contributed by atoms with Crippen LogP contribution in [0.4, 0.5) is 0 Å². The average molecular weight is 249 g/mol. The van der Waals surface area contributed by atoms with Crippen molar-refractivity contribution in [3.8, 4) is 0 Å². The zero-order chi connectivity index (χ0) is 13.8. The number of hydrogen-bond donors (Lipinski definition) is 1. The molecule has 0 aromatic heterocycles. The zero-order valence-electron chi connectivity index (χ0n) is 12.4. The molecule has 1 rings (SSSR count). The molecule has 102 valence electrons. The molecule has 1 unspecified atom stereocenters. The summed E-state index contributed by atoms with van der Waals surface area (Å²) in [5.74, 6) is 0. The van der Waals surface area contributed by atoms with Gasteiger partial charge >= 0.3 is 0 Å². The van der Waals surface area contributed by atoms with Gasteiger partial charge in [-0.25, -0.2) is 0 Å². The Balaban J connectivity index is 2.78. The fourth-order valence-electron chi connectivity index (χ4n) is 2.53. The van der Waals surface area contributed by atoms with Crippen molar-refractivity contribution in [1.29, 1.82) is 0 Å². The van der Waals surface area contributed by atoms with E-state index in [2.05, 4.69) is 51.8 Å². The van der Waals surface area contributed by atoms with Crippen molar-refractivity contribution in [2.24, 2.45) is 5.41 Å². The number of likely N-dealkylation sites (N-methyl/N-ethyl adjacent to an activating group) is 1. The standard InChI is InChI=1S/C16H27NO/c1-15(2,3)11-17(5)12-16(4,13-18)14-9-7-6-8-10-14/h6-10,18H,11-13H2,1-5H3. The molecule has 1 aromatic rings. The first-order valence-electron chi connectivity index (χ1n) is 6.62. The Morgan fingerprint density at radius 3 is 2.00 bits per heavy atom. The van der Waals surface area contributed by atoms with Crippen molar-refractivity contribution in [2.45, 2.75) is 33.1 Å². The van der Waals surface area contributed by atoms with E-state index in [0.717, 1.165) is 13.1 Å². The van der Waals surface area contributed by atoms with Crippen molar-refractivity contribution in [3.63, 3.8) is 0 Å². The lowest BCUT2D eigenvalue weighted by molar-refractivity contribution is 0.136. The van der Waals surface area contributed by atoms with Gasteiger partial charge in [-0.05, 0) is 18.0 Å². The average Bonchev–Trinajstić information content (AvgIpc) is 2.27. The van der Waals surface area contributed by atoms with Crippen LogP contribution in [0.2, 0.25) is 0 Å². The maximum Gasteiger partial charge on any atom is 0.0537 e. The molecule has 0 spiro atoms. The van der Waals surface area contributed by atoms with E-state index in [9.17, 15) is 5.11 Å². The largest absolute Gasteiger partial charge is 0.395 e. The molecule has 0 aliphatic rings. The van der Waals surface area contributed by atoms with Crippen LogP contribution in [-0.4, -0.2) is 36.8 Å². The molecule has 0 amide bonds. The van der Waals surface area contributed by atoms with E-state index < -0.39 is 0 Å². The summed E-state index contributed by atoms with van der Waals surface area (Å²) in [7, 11) is 2.13. The molecule has 0 heterocycles. The highest BCUT2D eigenvalue weighted by Gasteiger charge is 2.28. The predicted molar refractivity (Wildman–Crippen MR) is 77.8 cm³/mol. The Kier molecular flexibility index (Phi) is 4.94. The van der Waals surface area contributed by atoms with E-state index in [1.54, 1.807) is 0 Å². The van der Waals surface area contributed by atoms with E-state index in [1.807, 2.05) is 18.2 Å². The van der Waals surface area contributed by atoms with E-state index in [4.69, 9.17) is 0 Å². The molecule has 0 radical (unpaired) electrons. The molecule has 1 atom stereocenters. The minimum absolute atomic E-state index is 0.172. The quantitative estimate of drug-likeness (QED) is 0.867. The van der Waals surface area contributed by atoms with Gasteiger partial charge in [-0.1, -0.05) is 58.0 Å². The summed E-state index contributed by atoms with van der Waals surface area (Å²) in [5.41, 5.74) is 1.29. The summed E-state index contributed by atoms with van der Waals surface area (Å²) in [5, 5.41) is 9.76. The third-order valence-electron chi connectivity index (χ3n) is 3.18. The summed E-state index contributed by atoms with van der Waals surface area (Å²) in [4.78, 5) is 2.31. The topological polar surface area (TPSA) is 23.5 Å². The van der Waals surface area contributed by atoms with Gasteiger partial charge in [-0.15, -0.1) is 0 Å². The molecule has 0 bridgehead atoms. The molecular weight excluding hydrogens is 222 g/mol.